The van der Waals surface area contributed by atoms with E-state index < -0.39 is 18.2 Å². The zero-order valence-corrected chi connectivity index (χ0v) is 7.14. The predicted octanol–water partition coefficient (Wildman–Crippen LogP) is 4.33. The number of hydrogen-bond donors (Lipinski definition) is 0. The summed E-state index contributed by atoms with van der Waals surface area (Å²) in [7, 11) is 0. The Labute approximate surface area is 79.7 Å². The van der Waals surface area contributed by atoms with Crippen LogP contribution in [0, 0.1) is 0 Å². The third-order valence-corrected chi connectivity index (χ3v) is 0.686. The average Bonchev–Trinajstić information content (AvgIpc) is 1.82. The molecule has 0 saturated carbocycles. The second kappa shape index (κ2) is 5.90. The molecule has 0 bridgehead atoms. The molecule has 0 saturated heterocycles. The number of halogens is 8. The van der Waals surface area contributed by atoms with E-state index in [2.05, 4.69) is 11.6 Å². The molecule has 0 aromatic heterocycles. The van der Waals surface area contributed by atoms with Gasteiger partial charge in [-0.2, -0.15) is 26.3 Å². The van der Waals surface area contributed by atoms with E-state index in [0.29, 0.717) is 5.54 Å². The number of rotatable bonds is 0. The van der Waals surface area contributed by atoms with Gasteiger partial charge in [-0.15, -0.1) is 0 Å². The second-order valence-electron chi connectivity index (χ2n) is 1.74. The molecular formula is C6H4ClF7. The maximum absolute atomic E-state index is 10.9. The first-order chi connectivity index (χ1) is 6.00. The topological polar surface area (TPSA) is 0 Å². The van der Waals surface area contributed by atoms with Crippen molar-refractivity contribution in [3.05, 3.63) is 24.0 Å². The second-order valence-corrected chi connectivity index (χ2v) is 1.99. The van der Waals surface area contributed by atoms with Gasteiger partial charge in [0.2, 0.25) is 0 Å². The van der Waals surface area contributed by atoms with Crippen LogP contribution < -0.4 is 0 Å². The Kier molecular flexibility index (Phi) is 6.63. The van der Waals surface area contributed by atoms with Crippen molar-refractivity contribution in [3.8, 4) is 0 Å². The summed E-state index contributed by atoms with van der Waals surface area (Å²) in [6, 6.07) is 0. The van der Waals surface area contributed by atoms with Crippen LogP contribution in [0.15, 0.2) is 24.0 Å². The molecule has 0 radical (unpaired) electrons. The van der Waals surface area contributed by atoms with Crippen LogP contribution in [0.1, 0.15) is 0 Å². The molecule has 0 aliphatic rings. The molecule has 0 aromatic carbocycles. The van der Waals surface area contributed by atoms with Crippen molar-refractivity contribution in [1.29, 1.82) is 0 Å². The van der Waals surface area contributed by atoms with Gasteiger partial charge in [0.15, 0.2) is 5.83 Å². The predicted molar refractivity (Wildman–Crippen MR) is 37.4 cm³/mol. The van der Waals surface area contributed by atoms with E-state index in [-0.39, 0.29) is 6.08 Å². The summed E-state index contributed by atoms with van der Waals surface area (Å²) < 4.78 is 75.7. The van der Waals surface area contributed by atoms with Gasteiger partial charge in [0.25, 0.3) is 0 Å². The van der Waals surface area contributed by atoms with Crippen LogP contribution in [0.2, 0.25) is 0 Å². The highest BCUT2D eigenvalue weighted by Crippen LogP contribution is 2.23. The van der Waals surface area contributed by atoms with E-state index >= 15 is 0 Å². The average molecular weight is 245 g/mol. The number of alkyl halides is 6. The zero-order valence-electron chi connectivity index (χ0n) is 6.39. The highest BCUT2D eigenvalue weighted by Gasteiger charge is 2.32. The Balaban J connectivity index is 0. The third kappa shape index (κ3) is 13.8. The first-order valence-corrected chi connectivity index (χ1v) is 3.20. The van der Waals surface area contributed by atoms with Gasteiger partial charge in [0.1, 0.15) is 0 Å². The van der Waals surface area contributed by atoms with Gasteiger partial charge in [0, 0.05) is 11.6 Å². The molecule has 0 aliphatic carbocycles. The molecule has 0 unspecified atom stereocenters. The summed E-state index contributed by atoms with van der Waals surface area (Å²) in [6.07, 6.45) is -9.17. The summed E-state index contributed by atoms with van der Waals surface area (Å²) in [5.41, 5.74) is 0.431. The summed E-state index contributed by atoms with van der Waals surface area (Å²) in [5.74, 6) is -2.26. The summed E-state index contributed by atoms with van der Waals surface area (Å²) in [6.45, 7) is 2.03. The molecule has 0 aliphatic heterocycles. The molecule has 0 atom stereocenters. The minimum Gasteiger partial charge on any atom is -0.202 e. The molecule has 84 valence electrons. The number of allylic oxidation sites excluding steroid dienone is 2. The quantitative estimate of drug-likeness (QED) is 0.556. The van der Waals surface area contributed by atoms with Gasteiger partial charge in [-0.05, 0) is 0 Å². The molecule has 8 heteroatoms. The molecule has 0 fully saturated rings. The van der Waals surface area contributed by atoms with Crippen LogP contribution in [-0.4, -0.2) is 12.4 Å². The maximum atomic E-state index is 10.9. The standard InChI is InChI=1S/C3H2ClF3.C3H2F4/c4-2-1-3(5,6)7;1-2(4)3(5,6)7/h1-2H;1H2/b2-1-;. The summed E-state index contributed by atoms with van der Waals surface area (Å²) in [5, 5.41) is 0. The van der Waals surface area contributed by atoms with Gasteiger partial charge in [-0.1, -0.05) is 18.2 Å². The Hall–Kier alpha value is -0.720. The lowest BCUT2D eigenvalue weighted by Gasteiger charge is -1.97. The van der Waals surface area contributed by atoms with Crippen molar-refractivity contribution in [2.45, 2.75) is 12.4 Å². The van der Waals surface area contributed by atoms with E-state index in [9.17, 15) is 30.7 Å². The van der Waals surface area contributed by atoms with Crippen molar-refractivity contribution < 1.29 is 30.7 Å². The first kappa shape index (κ1) is 15.7. The van der Waals surface area contributed by atoms with Crippen LogP contribution in [0.4, 0.5) is 30.7 Å². The van der Waals surface area contributed by atoms with E-state index in [1.807, 2.05) is 6.58 Å². The van der Waals surface area contributed by atoms with Gasteiger partial charge in [-0.3, -0.25) is 0 Å². The van der Waals surface area contributed by atoms with Crippen LogP contribution in [0.25, 0.3) is 0 Å². The van der Waals surface area contributed by atoms with Crippen molar-refractivity contribution in [2.75, 3.05) is 0 Å². The third-order valence-electron chi connectivity index (χ3n) is 0.560. The first-order valence-electron chi connectivity index (χ1n) is 2.77. The monoisotopic (exact) mass is 244 g/mol. The molecule has 0 spiro atoms. The molecule has 0 rings (SSSR count). The lowest BCUT2D eigenvalue weighted by atomic mass is 10.6. The van der Waals surface area contributed by atoms with Gasteiger partial charge in [0.05, 0.1) is 0 Å². The Morgan fingerprint density at radius 2 is 1.36 bits per heavy atom. The highest BCUT2D eigenvalue weighted by atomic mass is 35.5. The summed E-state index contributed by atoms with van der Waals surface area (Å²) >= 11 is 4.59. The fourth-order valence-electron chi connectivity index (χ4n) is 0.0714. The Morgan fingerprint density at radius 1 is 1.07 bits per heavy atom. The molecule has 0 heterocycles. The van der Waals surface area contributed by atoms with Gasteiger partial charge < -0.3 is 0 Å². The van der Waals surface area contributed by atoms with Crippen molar-refractivity contribution in [3.63, 3.8) is 0 Å². The fraction of sp³-hybridized carbons (Fsp3) is 0.333. The van der Waals surface area contributed by atoms with E-state index in [0.717, 1.165) is 0 Å². The molecular weight excluding hydrogens is 241 g/mol. The lowest BCUT2D eigenvalue weighted by molar-refractivity contribution is -0.108. The number of hydrogen-bond acceptors (Lipinski definition) is 0. The van der Waals surface area contributed by atoms with Crippen molar-refractivity contribution >= 4 is 11.6 Å². The molecule has 0 aromatic rings. The smallest absolute Gasteiger partial charge is 0.202 e. The van der Waals surface area contributed by atoms with E-state index in [1.54, 1.807) is 0 Å². The van der Waals surface area contributed by atoms with Gasteiger partial charge in [-0.25, -0.2) is 4.39 Å². The highest BCUT2D eigenvalue weighted by molar-refractivity contribution is 6.25. The molecule has 0 nitrogen and oxygen atoms in total. The van der Waals surface area contributed by atoms with Crippen molar-refractivity contribution in [2.24, 2.45) is 0 Å². The van der Waals surface area contributed by atoms with Crippen LogP contribution >= 0.6 is 11.6 Å². The van der Waals surface area contributed by atoms with Crippen LogP contribution in [0.5, 0.6) is 0 Å². The molecule has 14 heavy (non-hydrogen) atoms. The molecule has 0 N–H and O–H groups in total. The molecule has 0 amide bonds. The van der Waals surface area contributed by atoms with Crippen molar-refractivity contribution in [1.82, 2.24) is 0 Å². The van der Waals surface area contributed by atoms with E-state index in [1.165, 1.54) is 0 Å². The normalized spacial score (nSPS) is 12.3. The lowest BCUT2D eigenvalue weighted by Crippen LogP contribution is -2.05. The van der Waals surface area contributed by atoms with Gasteiger partial charge >= 0.3 is 12.4 Å². The van der Waals surface area contributed by atoms with E-state index in [4.69, 9.17) is 0 Å². The summed E-state index contributed by atoms with van der Waals surface area (Å²) in [4.78, 5) is 0. The van der Waals surface area contributed by atoms with Crippen LogP contribution in [-0.2, 0) is 0 Å². The minimum absolute atomic E-state index is 0.0471. The minimum atomic E-state index is -4.86. The zero-order chi connectivity index (χ0) is 12.0. The Bertz CT molecular complexity index is 199. The SMILES string of the molecule is C=C(F)C(F)(F)F.FC(F)(F)/C=C\Cl. The largest absolute Gasteiger partial charge is 0.442 e. The van der Waals surface area contributed by atoms with Crippen LogP contribution in [0.3, 0.4) is 0 Å². The Morgan fingerprint density at radius 3 is 1.36 bits per heavy atom. The maximum Gasteiger partial charge on any atom is 0.442 e. The fourth-order valence-corrected chi connectivity index (χ4v) is 0.214.